The minimum atomic E-state index is -3.69. The second kappa shape index (κ2) is 9.74. The van der Waals surface area contributed by atoms with Crippen molar-refractivity contribution in [2.75, 3.05) is 50.6 Å². The molecule has 0 radical (unpaired) electrons. The molecule has 1 N–H and O–H groups in total. The zero-order chi connectivity index (χ0) is 23.4. The Morgan fingerprint density at radius 2 is 1.85 bits per heavy atom. The number of carbonyl (C=O) groups excluding carboxylic acids is 1. The number of rotatable bonds is 7. The van der Waals surface area contributed by atoms with Crippen molar-refractivity contribution in [3.05, 3.63) is 72.1 Å². The van der Waals surface area contributed by atoms with Crippen molar-refractivity contribution in [1.82, 2.24) is 14.1 Å². The Labute approximate surface area is 193 Å². The molecular weight excluding hydrogens is 442 g/mol. The summed E-state index contributed by atoms with van der Waals surface area (Å²) in [5.41, 5.74) is 2.58. The smallest absolute Gasteiger partial charge is 0.257 e. The molecule has 0 aliphatic carbocycles. The summed E-state index contributed by atoms with van der Waals surface area (Å²) in [5.74, 6) is -0.397. The molecule has 1 fully saturated rings. The van der Waals surface area contributed by atoms with Gasteiger partial charge in [0.2, 0.25) is 10.0 Å². The number of amides is 1. The molecule has 1 saturated heterocycles. The molecule has 1 aliphatic rings. The number of benzene rings is 2. The normalized spacial score (nSPS) is 14.5. The first-order chi connectivity index (χ1) is 15.8. The maximum Gasteiger partial charge on any atom is 0.257 e. The van der Waals surface area contributed by atoms with E-state index in [9.17, 15) is 13.2 Å². The fourth-order valence-electron chi connectivity index (χ4n) is 3.63. The zero-order valence-electron chi connectivity index (χ0n) is 18.6. The second-order valence-corrected chi connectivity index (χ2v) is 10.1. The third-order valence-corrected chi connectivity index (χ3v) is 7.23. The average molecular weight is 470 g/mol. The number of ether oxygens (including phenoxy) is 1. The van der Waals surface area contributed by atoms with Crippen LogP contribution in [0.4, 0.5) is 11.4 Å². The first-order valence-electron chi connectivity index (χ1n) is 10.6. The maximum absolute atomic E-state index is 13.3. The van der Waals surface area contributed by atoms with Gasteiger partial charge in [0.1, 0.15) is 0 Å². The SMILES string of the molecule is CN(C)S(=O)(=O)c1ccc(N2CCOCC2)c(C(=O)Nc2cnn(Cc3ccccc3)c2)c1. The Kier molecular flexibility index (Phi) is 6.77. The van der Waals surface area contributed by atoms with E-state index >= 15 is 0 Å². The van der Waals surface area contributed by atoms with Crippen LogP contribution in [0.25, 0.3) is 0 Å². The summed E-state index contributed by atoms with van der Waals surface area (Å²) < 4.78 is 33.6. The van der Waals surface area contributed by atoms with E-state index in [0.29, 0.717) is 44.2 Å². The molecule has 1 amide bonds. The summed E-state index contributed by atoms with van der Waals surface area (Å²) in [6.45, 7) is 2.91. The standard InChI is InChI=1S/C23H27N5O4S/c1-26(2)33(30,31)20-8-9-22(27-10-12-32-13-11-27)21(14-20)23(29)25-19-15-24-28(17-19)16-18-6-4-3-5-7-18/h3-9,14-15,17H,10-13,16H2,1-2H3,(H,25,29). The molecule has 3 aromatic rings. The van der Waals surface area contributed by atoms with E-state index in [-0.39, 0.29) is 10.5 Å². The lowest BCUT2D eigenvalue weighted by atomic mass is 10.1. The topological polar surface area (TPSA) is 96.8 Å². The Morgan fingerprint density at radius 3 is 2.55 bits per heavy atom. The quantitative estimate of drug-likeness (QED) is 0.570. The Hall–Kier alpha value is -3.21. The van der Waals surface area contributed by atoms with Crippen molar-refractivity contribution in [2.45, 2.75) is 11.4 Å². The summed E-state index contributed by atoms with van der Waals surface area (Å²) in [6, 6.07) is 14.5. The lowest BCUT2D eigenvalue weighted by Crippen LogP contribution is -2.37. The summed E-state index contributed by atoms with van der Waals surface area (Å²) in [4.78, 5) is 15.4. The number of nitrogens with one attached hydrogen (secondary N) is 1. The van der Waals surface area contributed by atoms with E-state index < -0.39 is 15.9 Å². The third-order valence-electron chi connectivity index (χ3n) is 5.42. The molecule has 0 bridgehead atoms. The van der Waals surface area contributed by atoms with Gasteiger partial charge in [0.25, 0.3) is 5.91 Å². The first kappa shape index (κ1) is 23.0. The molecule has 9 nitrogen and oxygen atoms in total. The highest BCUT2D eigenvalue weighted by Gasteiger charge is 2.24. The van der Waals surface area contributed by atoms with Crippen molar-refractivity contribution >= 4 is 27.3 Å². The molecule has 33 heavy (non-hydrogen) atoms. The summed E-state index contributed by atoms with van der Waals surface area (Å²) in [5, 5.41) is 7.19. The van der Waals surface area contributed by atoms with Crippen LogP contribution in [0.15, 0.2) is 65.8 Å². The summed E-state index contributed by atoms with van der Waals surface area (Å²) in [7, 11) is -0.761. The summed E-state index contributed by atoms with van der Waals surface area (Å²) in [6.07, 6.45) is 3.33. The van der Waals surface area contributed by atoms with E-state index in [1.165, 1.54) is 26.2 Å². The van der Waals surface area contributed by atoms with Crippen LogP contribution in [0.1, 0.15) is 15.9 Å². The number of hydrogen-bond acceptors (Lipinski definition) is 6. The van der Waals surface area contributed by atoms with Gasteiger partial charge in [0, 0.05) is 39.1 Å². The van der Waals surface area contributed by atoms with Gasteiger partial charge in [0.15, 0.2) is 0 Å². The van der Waals surface area contributed by atoms with Crippen molar-refractivity contribution in [2.24, 2.45) is 0 Å². The lowest BCUT2D eigenvalue weighted by molar-refractivity contribution is 0.102. The largest absolute Gasteiger partial charge is 0.378 e. The monoisotopic (exact) mass is 469 g/mol. The number of hydrogen-bond donors (Lipinski definition) is 1. The van der Waals surface area contributed by atoms with E-state index in [0.717, 1.165) is 9.87 Å². The third kappa shape index (κ3) is 5.24. The molecule has 10 heteroatoms. The van der Waals surface area contributed by atoms with E-state index in [1.807, 2.05) is 35.2 Å². The molecular formula is C23H27N5O4S. The van der Waals surface area contributed by atoms with Gasteiger partial charge in [-0.15, -0.1) is 0 Å². The van der Waals surface area contributed by atoms with Gasteiger partial charge in [-0.2, -0.15) is 5.10 Å². The van der Waals surface area contributed by atoms with Crippen molar-refractivity contribution in [3.63, 3.8) is 0 Å². The predicted octanol–water partition coefficient (Wildman–Crippen LogP) is 2.27. The molecule has 4 rings (SSSR count). The highest BCUT2D eigenvalue weighted by atomic mass is 32.2. The van der Waals surface area contributed by atoms with Gasteiger partial charge in [-0.25, -0.2) is 12.7 Å². The number of sulfonamides is 1. The minimum absolute atomic E-state index is 0.0643. The van der Waals surface area contributed by atoms with Crippen LogP contribution in [0.5, 0.6) is 0 Å². The molecule has 2 heterocycles. The lowest BCUT2D eigenvalue weighted by Gasteiger charge is -2.30. The van der Waals surface area contributed by atoms with E-state index in [2.05, 4.69) is 10.4 Å². The van der Waals surface area contributed by atoms with Crippen molar-refractivity contribution in [3.8, 4) is 0 Å². The van der Waals surface area contributed by atoms with Crippen molar-refractivity contribution in [1.29, 1.82) is 0 Å². The minimum Gasteiger partial charge on any atom is -0.378 e. The van der Waals surface area contributed by atoms with Crippen LogP contribution in [-0.4, -0.2) is 68.8 Å². The number of carbonyl (C=O) groups is 1. The van der Waals surface area contributed by atoms with Crippen LogP contribution >= 0.6 is 0 Å². The molecule has 0 unspecified atom stereocenters. The van der Waals surface area contributed by atoms with Crippen LogP contribution in [0.2, 0.25) is 0 Å². The number of aromatic nitrogens is 2. The fraction of sp³-hybridized carbons (Fsp3) is 0.304. The van der Waals surface area contributed by atoms with Crippen LogP contribution in [0, 0.1) is 0 Å². The second-order valence-electron chi connectivity index (χ2n) is 7.93. The molecule has 174 valence electrons. The Morgan fingerprint density at radius 1 is 1.12 bits per heavy atom. The van der Waals surface area contributed by atoms with Crippen LogP contribution in [-0.2, 0) is 21.3 Å². The van der Waals surface area contributed by atoms with Gasteiger partial charge in [-0.05, 0) is 23.8 Å². The van der Waals surface area contributed by atoms with Gasteiger partial charge in [0.05, 0.1) is 42.1 Å². The maximum atomic E-state index is 13.3. The van der Waals surface area contributed by atoms with E-state index in [1.54, 1.807) is 23.1 Å². The molecule has 0 atom stereocenters. The van der Waals surface area contributed by atoms with Crippen molar-refractivity contribution < 1.29 is 17.9 Å². The van der Waals surface area contributed by atoms with Crippen LogP contribution in [0.3, 0.4) is 0 Å². The Bertz CT molecular complexity index is 1220. The predicted molar refractivity (Wildman–Crippen MR) is 126 cm³/mol. The molecule has 1 aromatic heterocycles. The highest BCUT2D eigenvalue weighted by Crippen LogP contribution is 2.27. The fourth-order valence-corrected chi connectivity index (χ4v) is 4.56. The molecule has 0 spiro atoms. The first-order valence-corrected chi connectivity index (χ1v) is 12.1. The van der Waals surface area contributed by atoms with Gasteiger partial charge in [-0.1, -0.05) is 30.3 Å². The molecule has 1 aliphatic heterocycles. The average Bonchev–Trinajstić information content (AvgIpc) is 3.26. The number of nitrogens with zero attached hydrogens (tertiary/aromatic N) is 4. The number of morpholine rings is 1. The molecule has 2 aromatic carbocycles. The van der Waals surface area contributed by atoms with Crippen LogP contribution < -0.4 is 10.2 Å². The Balaban J connectivity index is 1.61. The zero-order valence-corrected chi connectivity index (χ0v) is 19.5. The van der Waals surface area contributed by atoms with Gasteiger partial charge < -0.3 is 15.0 Å². The summed E-state index contributed by atoms with van der Waals surface area (Å²) >= 11 is 0. The van der Waals surface area contributed by atoms with E-state index in [4.69, 9.17) is 4.74 Å². The van der Waals surface area contributed by atoms with Gasteiger partial charge in [-0.3, -0.25) is 9.48 Å². The molecule has 0 saturated carbocycles. The highest BCUT2D eigenvalue weighted by molar-refractivity contribution is 7.89. The number of anilines is 2. The van der Waals surface area contributed by atoms with Gasteiger partial charge >= 0.3 is 0 Å².